The molecule has 0 saturated carbocycles. The number of ether oxygens (including phenoxy) is 1. The van der Waals surface area contributed by atoms with Crippen molar-refractivity contribution in [1.29, 1.82) is 0 Å². The molecular weight excluding hydrogens is 399 g/mol. The Bertz CT molecular complexity index is 893. The van der Waals surface area contributed by atoms with E-state index in [4.69, 9.17) is 4.74 Å². The van der Waals surface area contributed by atoms with Gasteiger partial charge in [0.15, 0.2) is 17.5 Å². The Morgan fingerprint density at radius 3 is 2.40 bits per heavy atom. The van der Waals surface area contributed by atoms with E-state index in [-0.39, 0.29) is 25.5 Å². The molecule has 9 heteroatoms. The average molecular weight is 423 g/mol. The summed E-state index contributed by atoms with van der Waals surface area (Å²) >= 11 is 0. The highest BCUT2D eigenvalue weighted by molar-refractivity contribution is 5.92. The van der Waals surface area contributed by atoms with E-state index in [0.717, 1.165) is 17.7 Å². The molecule has 2 rings (SSSR count). The molecule has 0 saturated heterocycles. The number of benzene rings is 2. The first-order valence-electron chi connectivity index (χ1n) is 9.40. The second-order valence-corrected chi connectivity index (χ2v) is 6.57. The van der Waals surface area contributed by atoms with Crippen molar-refractivity contribution in [2.75, 3.05) is 32.1 Å². The molecule has 0 fully saturated rings. The monoisotopic (exact) mass is 423 g/mol. The van der Waals surface area contributed by atoms with Gasteiger partial charge in [-0.1, -0.05) is 25.1 Å². The Kier molecular flexibility index (Phi) is 8.67. The molecule has 0 aliphatic carbocycles. The summed E-state index contributed by atoms with van der Waals surface area (Å²) in [5.41, 5.74) is 0.345. The van der Waals surface area contributed by atoms with E-state index >= 15 is 0 Å². The van der Waals surface area contributed by atoms with Crippen molar-refractivity contribution < 1.29 is 27.5 Å². The predicted molar refractivity (Wildman–Crippen MR) is 107 cm³/mol. The Hall–Kier alpha value is -3.07. The lowest BCUT2D eigenvalue weighted by molar-refractivity contribution is -0.123. The van der Waals surface area contributed by atoms with E-state index in [0.29, 0.717) is 18.7 Å². The minimum Gasteiger partial charge on any atom is -0.496 e. The van der Waals surface area contributed by atoms with Crippen LogP contribution in [0.4, 0.5) is 18.9 Å². The van der Waals surface area contributed by atoms with Gasteiger partial charge in [-0.3, -0.25) is 14.5 Å². The zero-order chi connectivity index (χ0) is 22.1. The standard InChI is InChI=1S/C21H24F3N3O3/c1-3-10-27(12-18(28)25-11-14-6-4-5-7-17(14)30-2)13-19(29)26-16-9-8-15(22)20(23)21(16)24/h4-9H,3,10-13H2,1-2H3,(H,25,28)(H,26,29). The second kappa shape index (κ2) is 11.2. The van der Waals surface area contributed by atoms with Gasteiger partial charge in [-0.15, -0.1) is 0 Å². The van der Waals surface area contributed by atoms with E-state index in [9.17, 15) is 22.8 Å². The lowest BCUT2D eigenvalue weighted by Gasteiger charge is -2.21. The molecule has 0 atom stereocenters. The van der Waals surface area contributed by atoms with Crippen LogP contribution < -0.4 is 15.4 Å². The van der Waals surface area contributed by atoms with Crippen LogP contribution in [-0.4, -0.2) is 43.5 Å². The third-order valence-electron chi connectivity index (χ3n) is 4.25. The number of hydrogen-bond donors (Lipinski definition) is 2. The normalized spacial score (nSPS) is 10.7. The maximum Gasteiger partial charge on any atom is 0.238 e. The van der Waals surface area contributed by atoms with Gasteiger partial charge in [0.25, 0.3) is 0 Å². The number of rotatable bonds is 10. The molecule has 30 heavy (non-hydrogen) atoms. The molecule has 0 radical (unpaired) electrons. The lowest BCUT2D eigenvalue weighted by Crippen LogP contribution is -2.41. The highest BCUT2D eigenvalue weighted by Crippen LogP contribution is 2.19. The fourth-order valence-electron chi connectivity index (χ4n) is 2.85. The SMILES string of the molecule is CCCN(CC(=O)NCc1ccccc1OC)CC(=O)Nc1ccc(F)c(F)c1F. The maximum atomic E-state index is 13.7. The molecule has 0 aromatic heterocycles. The number of methoxy groups -OCH3 is 1. The topological polar surface area (TPSA) is 70.7 Å². The first-order valence-corrected chi connectivity index (χ1v) is 9.40. The minimum atomic E-state index is -1.66. The zero-order valence-corrected chi connectivity index (χ0v) is 16.8. The lowest BCUT2D eigenvalue weighted by atomic mass is 10.2. The van der Waals surface area contributed by atoms with Gasteiger partial charge in [0.2, 0.25) is 11.8 Å². The minimum absolute atomic E-state index is 0.0589. The highest BCUT2D eigenvalue weighted by Gasteiger charge is 2.18. The van der Waals surface area contributed by atoms with Crippen molar-refractivity contribution in [3.63, 3.8) is 0 Å². The number of amides is 2. The van der Waals surface area contributed by atoms with Crippen molar-refractivity contribution in [2.24, 2.45) is 0 Å². The van der Waals surface area contributed by atoms with Crippen LogP contribution in [0.5, 0.6) is 5.75 Å². The van der Waals surface area contributed by atoms with Gasteiger partial charge in [-0.2, -0.15) is 0 Å². The second-order valence-electron chi connectivity index (χ2n) is 6.57. The van der Waals surface area contributed by atoms with Crippen LogP contribution in [0.15, 0.2) is 36.4 Å². The molecule has 0 aliphatic heterocycles. The van der Waals surface area contributed by atoms with Crippen LogP contribution >= 0.6 is 0 Å². The Morgan fingerprint density at radius 1 is 1.00 bits per heavy atom. The number of para-hydroxylation sites is 1. The van der Waals surface area contributed by atoms with Gasteiger partial charge >= 0.3 is 0 Å². The predicted octanol–water partition coefficient (Wildman–Crippen LogP) is 3.08. The van der Waals surface area contributed by atoms with Gasteiger partial charge in [0, 0.05) is 12.1 Å². The summed E-state index contributed by atoms with van der Waals surface area (Å²) in [6.45, 7) is 2.31. The quantitative estimate of drug-likeness (QED) is 0.577. The Morgan fingerprint density at radius 2 is 1.70 bits per heavy atom. The summed E-state index contributed by atoms with van der Waals surface area (Å²) in [5, 5.41) is 4.97. The zero-order valence-electron chi connectivity index (χ0n) is 16.8. The van der Waals surface area contributed by atoms with Crippen molar-refractivity contribution in [3.05, 3.63) is 59.4 Å². The summed E-state index contributed by atoms with van der Waals surface area (Å²) in [4.78, 5) is 26.1. The fraction of sp³-hybridized carbons (Fsp3) is 0.333. The highest BCUT2D eigenvalue weighted by atomic mass is 19.2. The first kappa shape index (κ1) is 23.2. The van der Waals surface area contributed by atoms with Crippen LogP contribution in [0.2, 0.25) is 0 Å². The molecule has 2 aromatic carbocycles. The molecule has 0 unspecified atom stereocenters. The van der Waals surface area contributed by atoms with E-state index in [1.807, 2.05) is 25.1 Å². The molecule has 2 amide bonds. The van der Waals surface area contributed by atoms with Crippen molar-refractivity contribution in [1.82, 2.24) is 10.2 Å². The number of carbonyl (C=O) groups is 2. The molecule has 0 heterocycles. The maximum absolute atomic E-state index is 13.7. The molecule has 6 nitrogen and oxygen atoms in total. The summed E-state index contributed by atoms with van der Waals surface area (Å²) in [6.07, 6.45) is 0.673. The smallest absolute Gasteiger partial charge is 0.238 e. The molecular formula is C21H24F3N3O3. The van der Waals surface area contributed by atoms with E-state index in [1.54, 1.807) is 11.0 Å². The van der Waals surface area contributed by atoms with Gasteiger partial charge < -0.3 is 15.4 Å². The number of anilines is 1. The largest absolute Gasteiger partial charge is 0.496 e. The summed E-state index contributed by atoms with van der Waals surface area (Å²) in [5.74, 6) is -4.78. The van der Waals surface area contributed by atoms with Crippen LogP contribution in [0, 0.1) is 17.5 Å². The number of nitrogens with one attached hydrogen (secondary N) is 2. The number of halogens is 3. The van der Waals surface area contributed by atoms with Gasteiger partial charge in [-0.25, -0.2) is 13.2 Å². The number of hydrogen-bond acceptors (Lipinski definition) is 4. The van der Waals surface area contributed by atoms with Crippen LogP contribution in [-0.2, 0) is 16.1 Å². The summed E-state index contributed by atoms with van der Waals surface area (Å²) in [6, 6.07) is 8.93. The van der Waals surface area contributed by atoms with Gasteiger partial charge in [0.05, 0.1) is 25.9 Å². The van der Waals surface area contributed by atoms with Crippen LogP contribution in [0.1, 0.15) is 18.9 Å². The van der Waals surface area contributed by atoms with Crippen molar-refractivity contribution >= 4 is 17.5 Å². The van der Waals surface area contributed by atoms with Gasteiger partial charge in [0.1, 0.15) is 5.75 Å². The van der Waals surface area contributed by atoms with E-state index < -0.39 is 29.0 Å². The number of carbonyl (C=O) groups excluding carboxylic acids is 2. The van der Waals surface area contributed by atoms with Crippen molar-refractivity contribution in [2.45, 2.75) is 19.9 Å². The first-order chi connectivity index (χ1) is 14.3. The van der Waals surface area contributed by atoms with Crippen molar-refractivity contribution in [3.8, 4) is 5.75 Å². The third kappa shape index (κ3) is 6.48. The summed E-state index contributed by atoms with van der Waals surface area (Å²) in [7, 11) is 1.54. The van der Waals surface area contributed by atoms with Gasteiger partial charge in [-0.05, 0) is 31.2 Å². The molecule has 0 aliphatic rings. The summed E-state index contributed by atoms with van der Waals surface area (Å²) < 4.78 is 45.3. The molecule has 0 spiro atoms. The molecule has 2 aromatic rings. The number of nitrogens with zero attached hydrogens (tertiary/aromatic N) is 1. The molecule has 162 valence electrons. The molecule has 2 N–H and O–H groups in total. The Balaban J connectivity index is 1.92. The van der Waals surface area contributed by atoms with Crippen LogP contribution in [0.3, 0.4) is 0 Å². The van der Waals surface area contributed by atoms with E-state index in [1.165, 1.54) is 7.11 Å². The van der Waals surface area contributed by atoms with E-state index in [2.05, 4.69) is 10.6 Å². The third-order valence-corrected chi connectivity index (χ3v) is 4.25. The fourth-order valence-corrected chi connectivity index (χ4v) is 2.85. The average Bonchev–Trinajstić information content (AvgIpc) is 2.73. The molecule has 0 bridgehead atoms. The Labute approximate surface area is 173 Å². The van der Waals surface area contributed by atoms with Crippen LogP contribution in [0.25, 0.3) is 0 Å².